The smallest absolute Gasteiger partial charge is 0.280 e. The van der Waals surface area contributed by atoms with Crippen LogP contribution in [0.3, 0.4) is 0 Å². The molecule has 1 unspecified atom stereocenters. The van der Waals surface area contributed by atoms with Crippen LogP contribution in [0.25, 0.3) is 16.5 Å². The summed E-state index contributed by atoms with van der Waals surface area (Å²) in [5.41, 5.74) is 4.36. The van der Waals surface area contributed by atoms with Gasteiger partial charge in [0.1, 0.15) is 11.5 Å². The maximum absolute atomic E-state index is 13.6. The number of alkyl halides is 1. The summed E-state index contributed by atoms with van der Waals surface area (Å²) in [6.07, 6.45) is 1.55. The molecule has 3 N–H and O–H groups in total. The Balaban J connectivity index is 1.24. The first-order valence-electron chi connectivity index (χ1n) is 12.6. The summed E-state index contributed by atoms with van der Waals surface area (Å²) in [5, 5.41) is 32.9. The molecule has 1 aliphatic rings. The van der Waals surface area contributed by atoms with Gasteiger partial charge in [-0.05, 0) is 72.0 Å². The van der Waals surface area contributed by atoms with Gasteiger partial charge in [-0.1, -0.05) is 23.4 Å². The monoisotopic (exact) mass is 553 g/mol. The van der Waals surface area contributed by atoms with E-state index in [1.807, 2.05) is 25.1 Å². The molecule has 0 saturated heterocycles. The first-order chi connectivity index (χ1) is 19.3. The molecular weight excluding hydrogens is 530 g/mol. The highest BCUT2D eigenvalue weighted by Gasteiger charge is 2.36. The van der Waals surface area contributed by atoms with Crippen molar-refractivity contribution in [3.63, 3.8) is 0 Å². The second-order valence-corrected chi connectivity index (χ2v) is 10.00. The zero-order valence-corrected chi connectivity index (χ0v) is 22.1. The number of nitrogens with zero attached hydrogens (tertiary/aromatic N) is 4. The number of hydrogen-bond acceptors (Lipinski definition) is 6. The fourth-order valence-corrected chi connectivity index (χ4v) is 5.41. The van der Waals surface area contributed by atoms with Crippen molar-refractivity contribution in [3.05, 3.63) is 101 Å². The van der Waals surface area contributed by atoms with Crippen molar-refractivity contribution in [2.24, 2.45) is 0 Å². The molecule has 1 atom stereocenters. The summed E-state index contributed by atoms with van der Waals surface area (Å²) in [6.45, 7) is 2.35. The average molecular weight is 554 g/mol. The van der Waals surface area contributed by atoms with E-state index in [0.717, 1.165) is 21.9 Å². The molecule has 40 heavy (non-hydrogen) atoms. The van der Waals surface area contributed by atoms with Gasteiger partial charge < -0.3 is 20.4 Å². The van der Waals surface area contributed by atoms with Crippen LogP contribution in [0, 0.1) is 6.92 Å². The molecule has 5 aromatic rings. The Morgan fingerprint density at radius 1 is 1.05 bits per heavy atom. The Morgan fingerprint density at radius 2 is 1.80 bits per heavy atom. The number of aromatic hydroxyl groups is 2. The van der Waals surface area contributed by atoms with Crippen LogP contribution < -0.4 is 10.2 Å². The van der Waals surface area contributed by atoms with Gasteiger partial charge in [0, 0.05) is 41.0 Å². The highest BCUT2D eigenvalue weighted by molar-refractivity contribution is 6.19. The first kappa shape index (κ1) is 25.4. The first-order valence-corrected chi connectivity index (χ1v) is 13.1. The van der Waals surface area contributed by atoms with Crippen molar-refractivity contribution in [2.75, 3.05) is 22.6 Å². The van der Waals surface area contributed by atoms with E-state index in [1.54, 1.807) is 41.4 Å². The van der Waals surface area contributed by atoms with Crippen LogP contribution in [-0.2, 0) is 0 Å². The molecule has 4 aromatic carbocycles. The Morgan fingerprint density at radius 3 is 2.52 bits per heavy atom. The molecule has 9 nitrogen and oxygen atoms in total. The Hall–Kier alpha value is -4.89. The van der Waals surface area contributed by atoms with Crippen molar-refractivity contribution in [2.45, 2.75) is 12.8 Å². The van der Waals surface area contributed by atoms with Crippen LogP contribution in [0.15, 0.2) is 79.0 Å². The lowest BCUT2D eigenvalue weighted by Gasteiger charge is -2.17. The number of fused-ring (bicyclic) bond motifs is 3. The Labute approximate surface area is 234 Å². The molecule has 0 fully saturated rings. The molecule has 1 aliphatic heterocycles. The van der Waals surface area contributed by atoms with E-state index in [1.165, 1.54) is 28.9 Å². The lowest BCUT2D eigenvalue weighted by atomic mass is 9.92. The number of rotatable bonds is 5. The molecular formula is C30H24ClN5O4. The van der Waals surface area contributed by atoms with Crippen LogP contribution >= 0.6 is 11.6 Å². The largest absolute Gasteiger partial charge is 0.508 e. The number of aryl methyl sites for hydroxylation is 1. The van der Waals surface area contributed by atoms with Crippen LogP contribution in [0.5, 0.6) is 11.5 Å². The molecule has 0 spiro atoms. The van der Waals surface area contributed by atoms with E-state index in [-0.39, 0.29) is 34.9 Å². The third-order valence-corrected chi connectivity index (χ3v) is 7.51. The number of amides is 2. The van der Waals surface area contributed by atoms with Crippen LogP contribution in [0.4, 0.5) is 11.4 Å². The van der Waals surface area contributed by atoms with Crippen molar-refractivity contribution < 1.29 is 19.8 Å². The quantitative estimate of drug-likeness (QED) is 0.251. The molecule has 2 heterocycles. The van der Waals surface area contributed by atoms with E-state index < -0.39 is 0 Å². The minimum atomic E-state index is -0.342. The maximum Gasteiger partial charge on any atom is 0.280 e. The lowest BCUT2D eigenvalue weighted by molar-refractivity contribution is 0.0982. The van der Waals surface area contributed by atoms with E-state index in [4.69, 9.17) is 11.6 Å². The molecule has 2 amide bonds. The maximum atomic E-state index is 13.6. The molecule has 6 rings (SSSR count). The van der Waals surface area contributed by atoms with E-state index in [0.29, 0.717) is 35.1 Å². The number of hydrogen-bond donors (Lipinski definition) is 3. The van der Waals surface area contributed by atoms with Gasteiger partial charge in [0.2, 0.25) is 0 Å². The number of anilines is 2. The van der Waals surface area contributed by atoms with E-state index in [2.05, 4.69) is 15.6 Å². The van der Waals surface area contributed by atoms with Gasteiger partial charge in [0.05, 0.1) is 17.6 Å². The zero-order valence-electron chi connectivity index (χ0n) is 21.4. The van der Waals surface area contributed by atoms with Crippen molar-refractivity contribution >= 4 is 45.6 Å². The van der Waals surface area contributed by atoms with Gasteiger partial charge in [0.15, 0.2) is 5.69 Å². The number of phenols is 2. The molecule has 200 valence electrons. The van der Waals surface area contributed by atoms with Crippen LogP contribution in [0.2, 0.25) is 0 Å². The van der Waals surface area contributed by atoms with Crippen LogP contribution in [-0.4, -0.2) is 49.4 Å². The summed E-state index contributed by atoms with van der Waals surface area (Å²) < 4.78 is 1.48. The van der Waals surface area contributed by atoms with Crippen molar-refractivity contribution in [1.82, 2.24) is 15.0 Å². The molecule has 0 saturated carbocycles. The summed E-state index contributed by atoms with van der Waals surface area (Å²) in [4.78, 5) is 27.6. The zero-order chi connectivity index (χ0) is 28.0. The topological polar surface area (TPSA) is 121 Å². The number of nitrogens with one attached hydrogen (secondary N) is 1. The summed E-state index contributed by atoms with van der Waals surface area (Å²) in [6, 6.07) is 20.3. The Bertz CT molecular complexity index is 1770. The minimum Gasteiger partial charge on any atom is -0.508 e. The van der Waals surface area contributed by atoms with Crippen molar-refractivity contribution in [1.29, 1.82) is 0 Å². The number of benzene rings is 4. The second kappa shape index (κ2) is 10.0. The molecule has 0 aliphatic carbocycles. The summed E-state index contributed by atoms with van der Waals surface area (Å²) in [7, 11) is 0. The van der Waals surface area contributed by atoms with Gasteiger partial charge >= 0.3 is 0 Å². The summed E-state index contributed by atoms with van der Waals surface area (Å²) >= 11 is 6.34. The SMILES string of the molecule is Cc1cccc2c(O)cc3c(c12)C(CCl)CN3C(=O)c1cn(-c2ccc(NC(=O)c3ccc(O)cc3)cc2)nn1. The van der Waals surface area contributed by atoms with Gasteiger partial charge in [-0.25, -0.2) is 4.68 Å². The molecule has 0 radical (unpaired) electrons. The fourth-order valence-electron chi connectivity index (χ4n) is 5.16. The number of carbonyl (C=O) groups is 2. The molecule has 10 heteroatoms. The predicted octanol–water partition coefficient (Wildman–Crippen LogP) is 5.38. The van der Waals surface area contributed by atoms with E-state index in [9.17, 15) is 19.8 Å². The van der Waals surface area contributed by atoms with Crippen LogP contribution in [0.1, 0.15) is 37.9 Å². The van der Waals surface area contributed by atoms with Gasteiger partial charge in [-0.3, -0.25) is 9.59 Å². The van der Waals surface area contributed by atoms with Crippen molar-refractivity contribution in [3.8, 4) is 17.2 Å². The number of halogens is 1. The molecule has 0 bridgehead atoms. The fraction of sp³-hybridized carbons (Fsp3) is 0.133. The number of phenolic OH excluding ortho intramolecular Hbond substituents is 2. The van der Waals surface area contributed by atoms with Gasteiger partial charge in [-0.15, -0.1) is 16.7 Å². The lowest BCUT2D eigenvalue weighted by Crippen LogP contribution is -2.30. The minimum absolute atomic E-state index is 0.0844. The summed E-state index contributed by atoms with van der Waals surface area (Å²) in [5.74, 6) is -0.230. The molecule has 1 aromatic heterocycles. The highest BCUT2D eigenvalue weighted by Crippen LogP contribution is 2.46. The van der Waals surface area contributed by atoms with E-state index >= 15 is 0 Å². The highest BCUT2D eigenvalue weighted by atomic mass is 35.5. The van der Waals surface area contributed by atoms with Gasteiger partial charge in [-0.2, -0.15) is 0 Å². The third kappa shape index (κ3) is 4.40. The van der Waals surface area contributed by atoms with Gasteiger partial charge in [0.25, 0.3) is 11.8 Å². The standard InChI is InChI=1S/C30H24ClN5O4/c1-17-3-2-4-23-26(38)13-25-28(27(17)23)19(14-31)15-35(25)30(40)24-16-36(34-33-24)21-9-7-20(8-10-21)32-29(39)18-5-11-22(37)12-6-18/h2-13,16,19,37-38H,14-15H2,1H3,(H,32,39). The number of carbonyl (C=O) groups excluding carboxylic acids is 2. The normalized spacial score (nSPS) is 14.3. The second-order valence-electron chi connectivity index (χ2n) is 9.69. The third-order valence-electron chi connectivity index (χ3n) is 7.13. The Kier molecular flexibility index (Phi) is 6.36. The average Bonchev–Trinajstić information content (AvgIpc) is 3.59. The number of aromatic nitrogens is 3. The predicted molar refractivity (Wildman–Crippen MR) is 153 cm³/mol.